The topological polar surface area (TPSA) is 48.5 Å². The van der Waals surface area contributed by atoms with Crippen LogP contribution in [-0.4, -0.2) is 24.1 Å². The molecule has 6 heteroatoms. The zero-order chi connectivity index (χ0) is 40.0. The maximum atomic E-state index is 5.44. The number of benzene rings is 9. The van der Waals surface area contributed by atoms with E-state index < -0.39 is 0 Å². The normalized spacial score (nSPS) is 11.9. The molecule has 0 spiro atoms. The van der Waals surface area contributed by atoms with Crippen molar-refractivity contribution in [3.05, 3.63) is 200 Å². The predicted molar refractivity (Wildman–Crippen MR) is 255 cm³/mol. The van der Waals surface area contributed by atoms with Gasteiger partial charge < -0.3 is 9.13 Å². The Labute approximate surface area is 354 Å². The third-order valence-corrected chi connectivity index (χ3v) is 13.4. The molecule has 9 aromatic carbocycles. The Bertz CT molecular complexity index is 3880. The van der Waals surface area contributed by atoms with Crippen molar-refractivity contribution in [2.24, 2.45) is 0 Å². The van der Waals surface area contributed by atoms with Crippen molar-refractivity contribution in [3.63, 3.8) is 0 Å². The van der Waals surface area contributed by atoms with E-state index in [0.29, 0.717) is 17.5 Å². The van der Waals surface area contributed by atoms with Crippen LogP contribution in [0.3, 0.4) is 0 Å². The number of thiophene rings is 1. The number of nitrogens with zero attached hydrogens (tertiary/aromatic N) is 5. The second-order valence-electron chi connectivity index (χ2n) is 15.6. The van der Waals surface area contributed by atoms with Crippen LogP contribution in [0.4, 0.5) is 0 Å². The Morgan fingerprint density at radius 3 is 1.77 bits per heavy atom. The molecule has 0 saturated carbocycles. The first-order valence-electron chi connectivity index (χ1n) is 20.5. The van der Waals surface area contributed by atoms with Crippen LogP contribution in [0.25, 0.3) is 120 Å². The summed E-state index contributed by atoms with van der Waals surface area (Å²) >= 11 is 1.79. The van der Waals surface area contributed by atoms with E-state index in [1.54, 1.807) is 11.3 Å². The van der Waals surface area contributed by atoms with Crippen molar-refractivity contribution in [2.45, 2.75) is 0 Å². The molecule has 0 aliphatic carbocycles. The first-order chi connectivity index (χ1) is 30.2. The number of rotatable bonds is 5. The van der Waals surface area contributed by atoms with Crippen molar-refractivity contribution in [1.82, 2.24) is 24.1 Å². The zero-order valence-corrected chi connectivity index (χ0v) is 33.5. The summed E-state index contributed by atoms with van der Waals surface area (Å²) in [5.41, 5.74) is 9.57. The maximum absolute atomic E-state index is 5.44. The van der Waals surface area contributed by atoms with Gasteiger partial charge in [0.1, 0.15) is 0 Å². The summed E-state index contributed by atoms with van der Waals surface area (Å²) in [7, 11) is 0. The fraction of sp³-hybridized carbons (Fsp3) is 0. The molecule has 0 bridgehead atoms. The smallest absolute Gasteiger partial charge is 0.165 e. The summed E-state index contributed by atoms with van der Waals surface area (Å²) in [4.78, 5) is 16.0. The van der Waals surface area contributed by atoms with Gasteiger partial charge in [0.15, 0.2) is 17.5 Å². The maximum Gasteiger partial charge on any atom is 0.165 e. The molecule has 61 heavy (non-hydrogen) atoms. The highest BCUT2D eigenvalue weighted by molar-refractivity contribution is 7.26. The molecule has 4 heterocycles. The van der Waals surface area contributed by atoms with Gasteiger partial charge in [-0.15, -0.1) is 11.3 Å². The summed E-state index contributed by atoms with van der Waals surface area (Å²) in [6.07, 6.45) is 0. The highest BCUT2D eigenvalue weighted by Crippen LogP contribution is 2.44. The lowest BCUT2D eigenvalue weighted by Gasteiger charge is -2.13. The molecule has 13 rings (SSSR count). The lowest BCUT2D eigenvalue weighted by molar-refractivity contribution is 1.07. The molecule has 0 amide bonds. The lowest BCUT2D eigenvalue weighted by atomic mass is 10.0. The van der Waals surface area contributed by atoms with E-state index in [9.17, 15) is 0 Å². The SMILES string of the molecule is c1ccc(-c2nc(-c3ccc4c5ccccc5n(-c5ccccc5)c4c3)nc(-c3cc(-n4c5ccccc5c5c6ccccc6ccc54)cc4c3sc3ccccc34)n2)cc1. The standard InChI is InChI=1S/C55H33N5S/c1-3-16-35(17-4-1)53-56-54(36-27-29-41-40-21-9-12-24-46(40)59(49(41)31-36)37-18-5-2-6-19-37)58-55(57-53)45-33-38(32-44-42-22-11-14-26-50(42)61-52(44)45)60-47-25-13-10-23-43(47)51-39-20-8-7-15-34(39)28-30-48(51)60/h1-33H. The molecule has 0 aliphatic heterocycles. The Hall–Kier alpha value is -7.93. The first-order valence-corrected chi connectivity index (χ1v) is 21.3. The van der Waals surface area contributed by atoms with E-state index in [0.717, 1.165) is 54.8 Å². The first kappa shape index (κ1) is 34.0. The fourth-order valence-electron chi connectivity index (χ4n) is 9.43. The summed E-state index contributed by atoms with van der Waals surface area (Å²) < 4.78 is 7.13. The average molecular weight is 796 g/mol. The third-order valence-electron chi connectivity index (χ3n) is 12.1. The monoisotopic (exact) mass is 795 g/mol. The summed E-state index contributed by atoms with van der Waals surface area (Å²) in [6.45, 7) is 0. The van der Waals surface area contributed by atoms with Gasteiger partial charge in [0, 0.05) is 69.8 Å². The lowest BCUT2D eigenvalue weighted by Crippen LogP contribution is -2.02. The van der Waals surface area contributed by atoms with E-state index in [1.807, 2.05) is 18.2 Å². The number of fused-ring (bicyclic) bond motifs is 11. The van der Waals surface area contributed by atoms with Gasteiger partial charge in [-0.05, 0) is 65.4 Å². The van der Waals surface area contributed by atoms with Gasteiger partial charge in [-0.2, -0.15) is 0 Å². The van der Waals surface area contributed by atoms with Gasteiger partial charge in [-0.1, -0.05) is 146 Å². The van der Waals surface area contributed by atoms with Gasteiger partial charge in [0.05, 0.1) is 22.1 Å². The van der Waals surface area contributed by atoms with Crippen LogP contribution in [0.5, 0.6) is 0 Å². The molecular formula is C55H33N5S. The minimum Gasteiger partial charge on any atom is -0.309 e. The summed E-state index contributed by atoms with van der Waals surface area (Å²) in [6, 6.07) is 71.4. The van der Waals surface area contributed by atoms with Crippen molar-refractivity contribution in [2.75, 3.05) is 0 Å². The Morgan fingerprint density at radius 2 is 0.951 bits per heavy atom. The van der Waals surface area contributed by atoms with Gasteiger partial charge in [0.25, 0.3) is 0 Å². The minimum atomic E-state index is 0.624. The summed E-state index contributed by atoms with van der Waals surface area (Å²) in [5, 5.41) is 9.73. The molecule has 284 valence electrons. The van der Waals surface area contributed by atoms with E-state index in [2.05, 4.69) is 191 Å². The molecule has 5 nitrogen and oxygen atoms in total. The molecular weight excluding hydrogens is 763 g/mol. The average Bonchev–Trinajstić information content (AvgIpc) is 3.99. The molecule has 0 unspecified atom stereocenters. The van der Waals surface area contributed by atoms with Crippen LogP contribution in [0, 0.1) is 0 Å². The van der Waals surface area contributed by atoms with Gasteiger partial charge in [0.2, 0.25) is 0 Å². The van der Waals surface area contributed by atoms with Crippen molar-refractivity contribution >= 4 is 85.9 Å². The van der Waals surface area contributed by atoms with Gasteiger partial charge in [-0.3, -0.25) is 0 Å². The molecule has 0 aliphatic rings. The second-order valence-corrected chi connectivity index (χ2v) is 16.6. The van der Waals surface area contributed by atoms with Gasteiger partial charge in [-0.25, -0.2) is 15.0 Å². The molecule has 0 atom stereocenters. The third kappa shape index (κ3) is 5.22. The van der Waals surface area contributed by atoms with Crippen LogP contribution in [0.2, 0.25) is 0 Å². The zero-order valence-electron chi connectivity index (χ0n) is 32.7. The molecule has 0 fully saturated rings. The second kappa shape index (κ2) is 13.3. The van der Waals surface area contributed by atoms with Crippen molar-refractivity contribution in [1.29, 1.82) is 0 Å². The number of aromatic nitrogens is 5. The van der Waals surface area contributed by atoms with E-state index in [4.69, 9.17) is 15.0 Å². The Kier molecular flexibility index (Phi) is 7.41. The highest BCUT2D eigenvalue weighted by atomic mass is 32.1. The largest absolute Gasteiger partial charge is 0.309 e. The van der Waals surface area contributed by atoms with Crippen LogP contribution >= 0.6 is 11.3 Å². The van der Waals surface area contributed by atoms with E-state index in [-0.39, 0.29) is 0 Å². The van der Waals surface area contributed by atoms with Crippen LogP contribution in [0.15, 0.2) is 200 Å². The number of hydrogen-bond donors (Lipinski definition) is 0. The quantitative estimate of drug-likeness (QED) is 0.174. The number of hydrogen-bond acceptors (Lipinski definition) is 4. The van der Waals surface area contributed by atoms with Crippen LogP contribution in [0.1, 0.15) is 0 Å². The summed E-state index contributed by atoms with van der Waals surface area (Å²) in [5.74, 6) is 1.89. The fourth-order valence-corrected chi connectivity index (χ4v) is 10.6. The van der Waals surface area contributed by atoms with Gasteiger partial charge >= 0.3 is 0 Å². The molecule has 0 radical (unpaired) electrons. The predicted octanol–water partition coefficient (Wildman–Crippen LogP) is 14.6. The molecule has 0 N–H and O–H groups in total. The molecule has 4 aromatic heterocycles. The van der Waals surface area contributed by atoms with Crippen molar-refractivity contribution < 1.29 is 0 Å². The number of para-hydroxylation sites is 3. The molecule has 13 aromatic rings. The van der Waals surface area contributed by atoms with Crippen molar-refractivity contribution in [3.8, 4) is 45.5 Å². The minimum absolute atomic E-state index is 0.624. The molecule has 0 saturated heterocycles. The van der Waals surface area contributed by atoms with Crippen LogP contribution in [-0.2, 0) is 0 Å². The Morgan fingerprint density at radius 1 is 0.344 bits per heavy atom. The Balaban J connectivity index is 1.10. The van der Waals surface area contributed by atoms with E-state index in [1.165, 1.54) is 47.8 Å². The highest BCUT2D eigenvalue weighted by Gasteiger charge is 2.22. The van der Waals surface area contributed by atoms with E-state index >= 15 is 0 Å². The van der Waals surface area contributed by atoms with Crippen LogP contribution < -0.4 is 0 Å².